The molecule has 2 aromatic rings. The molecule has 0 amide bonds. The summed E-state index contributed by atoms with van der Waals surface area (Å²) in [6, 6.07) is 7.65. The van der Waals surface area contributed by atoms with Gasteiger partial charge in [-0.2, -0.15) is 0 Å². The van der Waals surface area contributed by atoms with Crippen molar-refractivity contribution in [3.8, 4) is 0 Å². The molecule has 1 atom stereocenters. The van der Waals surface area contributed by atoms with Crippen LogP contribution in [0.3, 0.4) is 0 Å². The second kappa shape index (κ2) is 6.23. The average molecular weight is 358 g/mol. The fourth-order valence-corrected chi connectivity index (χ4v) is 4.09. The normalized spacial score (nSPS) is 19.7. The summed E-state index contributed by atoms with van der Waals surface area (Å²) in [6.45, 7) is 0. The summed E-state index contributed by atoms with van der Waals surface area (Å²) in [5.74, 6) is 0.464. The molecule has 0 radical (unpaired) electrons. The SMILES string of the molecule is Cn1c2c(c(=O)[nH]c1=O)C(c1ccc(Cl)cc1)C1=C(CCCCC1)N2. The molecule has 2 N–H and O–H groups in total. The van der Waals surface area contributed by atoms with Crippen molar-refractivity contribution in [1.29, 1.82) is 0 Å². The predicted molar refractivity (Wildman–Crippen MR) is 99.3 cm³/mol. The highest BCUT2D eigenvalue weighted by Crippen LogP contribution is 2.43. The molecule has 1 aliphatic carbocycles. The van der Waals surface area contributed by atoms with Crippen molar-refractivity contribution < 1.29 is 0 Å². The van der Waals surface area contributed by atoms with E-state index >= 15 is 0 Å². The molecule has 1 aromatic carbocycles. The molecule has 0 spiro atoms. The van der Waals surface area contributed by atoms with Gasteiger partial charge in [0.15, 0.2) is 0 Å². The van der Waals surface area contributed by atoms with Crippen molar-refractivity contribution in [1.82, 2.24) is 9.55 Å². The predicted octanol–water partition coefficient (Wildman–Crippen LogP) is 3.50. The number of nitrogens with zero attached hydrogens (tertiary/aromatic N) is 1. The quantitative estimate of drug-likeness (QED) is 0.820. The first-order valence-electron chi connectivity index (χ1n) is 8.64. The van der Waals surface area contributed by atoms with Gasteiger partial charge in [-0.15, -0.1) is 0 Å². The summed E-state index contributed by atoms with van der Waals surface area (Å²) >= 11 is 6.05. The summed E-state index contributed by atoms with van der Waals surface area (Å²) in [4.78, 5) is 27.2. The Bertz CT molecular complexity index is 970. The van der Waals surface area contributed by atoms with Gasteiger partial charge in [-0.05, 0) is 49.0 Å². The number of aromatic nitrogens is 2. The van der Waals surface area contributed by atoms with Crippen molar-refractivity contribution in [2.75, 3.05) is 5.32 Å². The maximum Gasteiger partial charge on any atom is 0.329 e. The van der Waals surface area contributed by atoms with Crippen LogP contribution in [0.25, 0.3) is 0 Å². The monoisotopic (exact) mass is 357 g/mol. The average Bonchev–Trinajstić information content (AvgIpc) is 2.84. The van der Waals surface area contributed by atoms with Gasteiger partial charge < -0.3 is 5.32 Å². The van der Waals surface area contributed by atoms with Gasteiger partial charge in [0.25, 0.3) is 5.56 Å². The Hall–Kier alpha value is -2.27. The van der Waals surface area contributed by atoms with Gasteiger partial charge in [-0.3, -0.25) is 14.3 Å². The molecule has 6 heteroatoms. The molecule has 25 heavy (non-hydrogen) atoms. The first-order chi connectivity index (χ1) is 12.1. The summed E-state index contributed by atoms with van der Waals surface area (Å²) in [7, 11) is 1.69. The van der Waals surface area contributed by atoms with Gasteiger partial charge in [-0.25, -0.2) is 4.79 Å². The summed E-state index contributed by atoms with van der Waals surface area (Å²) in [6.07, 6.45) is 5.31. The van der Waals surface area contributed by atoms with Crippen LogP contribution in [0.4, 0.5) is 5.82 Å². The maximum absolute atomic E-state index is 12.7. The lowest BCUT2D eigenvalue weighted by molar-refractivity contribution is 0.696. The van der Waals surface area contributed by atoms with Crippen molar-refractivity contribution in [2.24, 2.45) is 7.05 Å². The highest BCUT2D eigenvalue weighted by molar-refractivity contribution is 6.30. The molecular weight excluding hydrogens is 338 g/mol. The van der Waals surface area contributed by atoms with E-state index in [1.807, 2.05) is 24.3 Å². The number of halogens is 1. The van der Waals surface area contributed by atoms with Gasteiger partial charge in [0.05, 0.1) is 5.56 Å². The number of hydrogen-bond acceptors (Lipinski definition) is 3. The first kappa shape index (κ1) is 16.2. The van der Waals surface area contributed by atoms with E-state index in [-0.39, 0.29) is 11.5 Å². The third kappa shape index (κ3) is 2.72. The van der Waals surface area contributed by atoms with Crippen molar-refractivity contribution in [3.05, 3.63) is 72.5 Å². The molecule has 2 heterocycles. The summed E-state index contributed by atoms with van der Waals surface area (Å²) in [5, 5.41) is 4.07. The van der Waals surface area contributed by atoms with Crippen LogP contribution in [0.5, 0.6) is 0 Å². The fraction of sp³-hybridized carbons (Fsp3) is 0.368. The van der Waals surface area contributed by atoms with Gasteiger partial charge in [0, 0.05) is 23.7 Å². The molecule has 0 bridgehead atoms. The number of aromatic amines is 1. The third-order valence-corrected chi connectivity index (χ3v) is 5.48. The molecular formula is C19H20ClN3O2. The Morgan fingerprint density at radius 1 is 1.08 bits per heavy atom. The maximum atomic E-state index is 12.7. The Morgan fingerprint density at radius 3 is 2.56 bits per heavy atom. The topological polar surface area (TPSA) is 66.9 Å². The van der Waals surface area contributed by atoms with Crippen LogP contribution in [0.1, 0.15) is 49.1 Å². The van der Waals surface area contributed by atoms with Crippen molar-refractivity contribution in [2.45, 2.75) is 38.0 Å². The zero-order valence-corrected chi connectivity index (χ0v) is 14.8. The van der Waals surface area contributed by atoms with Gasteiger partial charge in [0.2, 0.25) is 0 Å². The minimum absolute atomic E-state index is 0.142. The third-order valence-electron chi connectivity index (χ3n) is 5.23. The number of rotatable bonds is 1. The van der Waals surface area contributed by atoms with Crippen LogP contribution in [0, 0.1) is 0 Å². The molecule has 1 unspecified atom stereocenters. The molecule has 130 valence electrons. The van der Waals surface area contributed by atoms with E-state index < -0.39 is 5.69 Å². The Balaban J connectivity index is 1.99. The summed E-state index contributed by atoms with van der Waals surface area (Å²) in [5.41, 5.74) is 3.35. The molecule has 4 rings (SSSR count). The summed E-state index contributed by atoms with van der Waals surface area (Å²) < 4.78 is 1.49. The largest absolute Gasteiger partial charge is 0.345 e. The van der Waals surface area contributed by atoms with E-state index in [0.29, 0.717) is 16.4 Å². The molecule has 0 fully saturated rings. The first-order valence-corrected chi connectivity index (χ1v) is 9.01. The molecule has 5 nitrogen and oxygen atoms in total. The van der Waals surface area contributed by atoms with E-state index in [1.54, 1.807) is 7.05 Å². The van der Waals surface area contributed by atoms with Gasteiger partial charge in [-0.1, -0.05) is 30.2 Å². The molecule has 1 aliphatic heterocycles. The number of allylic oxidation sites excluding steroid dienone is 2. The van der Waals surface area contributed by atoms with Crippen LogP contribution >= 0.6 is 11.6 Å². The molecule has 2 aliphatic rings. The lowest BCUT2D eigenvalue weighted by Gasteiger charge is -2.32. The second-order valence-corrected chi connectivity index (χ2v) is 7.19. The Labute approximate surface area is 150 Å². The number of benzene rings is 1. The van der Waals surface area contributed by atoms with Crippen LogP contribution in [0.2, 0.25) is 5.02 Å². The van der Waals surface area contributed by atoms with Crippen LogP contribution in [0.15, 0.2) is 45.1 Å². The second-order valence-electron chi connectivity index (χ2n) is 6.75. The molecule has 0 saturated heterocycles. The van der Waals surface area contributed by atoms with E-state index in [0.717, 1.165) is 36.9 Å². The van der Waals surface area contributed by atoms with E-state index in [4.69, 9.17) is 11.6 Å². The standard InChI is InChI=1S/C19H20ClN3O2/c1-23-17-16(18(24)22-19(23)25)15(11-7-9-12(20)10-8-11)13-5-3-2-4-6-14(13)21-17/h7-10,15,21H,2-6H2,1H3,(H,22,24,25). The van der Waals surface area contributed by atoms with E-state index in [9.17, 15) is 9.59 Å². The minimum atomic E-state index is -0.399. The number of H-pyrrole nitrogens is 1. The zero-order chi connectivity index (χ0) is 17.6. The highest BCUT2D eigenvalue weighted by Gasteiger charge is 2.33. The minimum Gasteiger partial charge on any atom is -0.345 e. The van der Waals surface area contributed by atoms with E-state index in [2.05, 4.69) is 10.3 Å². The van der Waals surface area contributed by atoms with Gasteiger partial charge >= 0.3 is 5.69 Å². The van der Waals surface area contributed by atoms with Crippen molar-refractivity contribution in [3.63, 3.8) is 0 Å². The number of hydrogen-bond donors (Lipinski definition) is 2. The van der Waals surface area contributed by atoms with E-state index in [1.165, 1.54) is 16.6 Å². The smallest absolute Gasteiger partial charge is 0.329 e. The van der Waals surface area contributed by atoms with Crippen LogP contribution < -0.4 is 16.6 Å². The number of anilines is 1. The number of fused-ring (bicyclic) bond motifs is 1. The fourth-order valence-electron chi connectivity index (χ4n) is 3.96. The zero-order valence-electron chi connectivity index (χ0n) is 14.1. The molecule has 1 aromatic heterocycles. The molecule has 0 saturated carbocycles. The Kier molecular flexibility index (Phi) is 4.04. The lowest BCUT2D eigenvalue weighted by atomic mass is 9.80. The van der Waals surface area contributed by atoms with Gasteiger partial charge in [0.1, 0.15) is 5.82 Å². The van der Waals surface area contributed by atoms with Crippen LogP contribution in [-0.4, -0.2) is 9.55 Å². The number of nitrogens with one attached hydrogen (secondary N) is 2. The van der Waals surface area contributed by atoms with Crippen LogP contribution in [-0.2, 0) is 7.05 Å². The van der Waals surface area contributed by atoms with Crippen molar-refractivity contribution >= 4 is 17.4 Å². The lowest BCUT2D eigenvalue weighted by Crippen LogP contribution is -2.37. The Morgan fingerprint density at radius 2 is 1.80 bits per heavy atom. The highest BCUT2D eigenvalue weighted by atomic mass is 35.5.